The van der Waals surface area contributed by atoms with E-state index in [2.05, 4.69) is 111 Å². The first-order valence-corrected chi connectivity index (χ1v) is 47.2. The molecular weight excluding hydrogens is 1830 g/mol. The molecule has 4 fully saturated rings. The Bertz CT molecular complexity index is 5240. The van der Waals surface area contributed by atoms with E-state index in [-0.39, 0.29) is 89.5 Å². The van der Waals surface area contributed by atoms with E-state index < -0.39 is 194 Å². The number of hydrogen-bond donors (Lipinski definition) is 17. The van der Waals surface area contributed by atoms with Gasteiger partial charge in [-0.1, -0.05) is 32.7 Å². The molecule has 6 aromatic heterocycles. The average molecular weight is 1940 g/mol. The maximum Gasteiger partial charge on any atom is 0.437 e. The highest BCUT2D eigenvalue weighted by Gasteiger charge is 2.54. The van der Waals surface area contributed by atoms with Crippen molar-refractivity contribution in [3.63, 3.8) is 0 Å². The monoisotopic (exact) mass is 1930 g/mol. The lowest BCUT2D eigenvalue weighted by Crippen LogP contribution is -3.11. The summed E-state index contributed by atoms with van der Waals surface area (Å²) in [5, 5.41) is 66.3. The zero-order valence-electron chi connectivity index (χ0n) is 70.3. The summed E-state index contributed by atoms with van der Waals surface area (Å²) in [5.74, 6) is -0.563. The van der Waals surface area contributed by atoms with Crippen LogP contribution in [0.1, 0.15) is 54.7 Å². The molecule has 0 bridgehead atoms. The molecule has 127 heavy (non-hydrogen) atoms. The number of fused-ring (bicyclic) bond motifs is 4. The lowest BCUT2D eigenvalue weighted by molar-refractivity contribution is -0.894. The SMILES string of the molecule is CC.CCNCC.CC[NH+](CC)CC.CN1CN([C@@H]2O[C@H](COP(=O)(O)n3ccnc3)[C@H](O)C2O)c2nc(N)[nH]c(=O)c21.COC1C(O)[C@@H](COP(=O)([O-])OP(=O)([O-])OP(=O)([O-])OC[C@H]2O[C@@H](N3CN(C)c4c3nc(N)[nH]c4=O)C(O)[C@H]2O)O[C@H]1N1CN(C)c2c1nc(N)[nH]c2=O.COC1[C@@H](O)[C@@H](COP(=O)([O-])OP(=O)([O-])[O-])O[C@H]1[n+]1cn(C)c2c(=O)[nH]c(N)nc21. The van der Waals surface area contributed by atoms with Crippen LogP contribution < -0.4 is 119 Å². The molecule has 60 nitrogen and oxygen atoms in total. The summed E-state index contributed by atoms with van der Waals surface area (Å²) in [7, 11) is -25.2. The van der Waals surface area contributed by atoms with Gasteiger partial charge in [-0.3, -0.25) is 70.8 Å². The van der Waals surface area contributed by atoms with Crippen molar-refractivity contribution in [1.29, 1.82) is 0 Å². The van der Waals surface area contributed by atoms with E-state index in [4.69, 9.17) is 55.9 Å². The normalized spacial score (nSPS) is 27.1. The summed E-state index contributed by atoms with van der Waals surface area (Å²) in [6, 6.07) is 0. The van der Waals surface area contributed by atoms with Crippen molar-refractivity contribution < 1.29 is 161 Å². The Kier molecular flexibility index (Phi) is 36.0. The average Bonchev–Trinajstić information content (AvgIpc) is 1.62. The number of aryl methyl sites for hydroxylation is 1. The first kappa shape index (κ1) is 105. The number of phosphoric ester groups is 3. The summed E-state index contributed by atoms with van der Waals surface area (Å²) < 4.78 is 138. The highest BCUT2D eigenvalue weighted by molar-refractivity contribution is 7.65. The van der Waals surface area contributed by atoms with E-state index in [1.54, 1.807) is 30.9 Å². The van der Waals surface area contributed by atoms with E-state index in [0.29, 0.717) is 0 Å². The Morgan fingerprint density at radius 2 is 0.874 bits per heavy atom. The topological polar surface area (TPSA) is 852 Å². The van der Waals surface area contributed by atoms with Gasteiger partial charge in [-0.15, -0.1) is 0 Å². The number of nitrogen functional groups attached to an aromatic ring is 4. The number of phosphoric acid groups is 5. The fourth-order valence-corrected chi connectivity index (χ4v) is 19.5. The van der Waals surface area contributed by atoms with Crippen molar-refractivity contribution in [3.05, 3.63) is 66.5 Å². The molecule has 0 aromatic carbocycles. The predicted molar refractivity (Wildman–Crippen MR) is 429 cm³/mol. The number of nitrogens with one attached hydrogen (secondary N) is 6. The van der Waals surface area contributed by atoms with Crippen molar-refractivity contribution in [3.8, 4) is 0 Å². The number of hydrogen-bond acceptors (Lipinski definition) is 51. The molecule has 7 aliphatic rings. The second-order valence-electron chi connectivity index (χ2n) is 28.0. The number of nitrogens with zero attached hydrogens (tertiary/aromatic N) is 14. The molecule has 13 rings (SSSR count). The van der Waals surface area contributed by atoms with E-state index in [1.807, 2.05) is 13.8 Å². The maximum atomic E-state index is 12.5. The van der Waals surface area contributed by atoms with Crippen LogP contribution in [0.25, 0.3) is 11.2 Å². The van der Waals surface area contributed by atoms with Gasteiger partial charge in [-0.2, -0.15) is 15.0 Å². The van der Waals surface area contributed by atoms with E-state index >= 15 is 0 Å². The van der Waals surface area contributed by atoms with Crippen LogP contribution in [0.3, 0.4) is 0 Å². The lowest BCUT2D eigenvalue weighted by Gasteiger charge is -2.35. The Morgan fingerprint density at radius 1 is 0.512 bits per heavy atom. The number of aliphatic hydroxyl groups excluding tert-OH is 6. The molecule has 0 aliphatic carbocycles. The molecule has 0 amide bonds. The molecule has 718 valence electrons. The Morgan fingerprint density at radius 3 is 1.24 bits per heavy atom. The van der Waals surface area contributed by atoms with Crippen molar-refractivity contribution in [1.82, 2.24) is 59.1 Å². The van der Waals surface area contributed by atoms with Gasteiger partial charge in [-0.05, 0) is 33.9 Å². The van der Waals surface area contributed by atoms with Crippen molar-refractivity contribution in [2.75, 3.05) is 167 Å². The summed E-state index contributed by atoms with van der Waals surface area (Å²) in [6.45, 7) is 17.3. The summed E-state index contributed by atoms with van der Waals surface area (Å²) >= 11 is 0. The minimum atomic E-state index is -6.35. The molecule has 6 aromatic rings. The van der Waals surface area contributed by atoms with Crippen LogP contribution in [0.2, 0.25) is 0 Å². The molecular formula is C61H104N24O36P6-4. The van der Waals surface area contributed by atoms with Crippen molar-refractivity contribution in [2.45, 2.75) is 147 Å². The Hall–Kier alpha value is -7.54. The molecule has 21 atom stereocenters. The van der Waals surface area contributed by atoms with Gasteiger partial charge in [0.2, 0.25) is 29.6 Å². The third-order valence-corrected chi connectivity index (χ3v) is 27.1. The van der Waals surface area contributed by atoms with E-state index in [9.17, 15) is 111 Å². The molecule has 10 unspecified atom stereocenters. The summed E-state index contributed by atoms with van der Waals surface area (Å²) in [5.41, 5.74) is 21.0. The minimum absolute atomic E-state index is 0.0102. The maximum absolute atomic E-state index is 12.5. The molecule has 0 radical (unpaired) electrons. The molecule has 66 heteroatoms. The number of aromatic amines is 4. The van der Waals surface area contributed by atoms with Crippen molar-refractivity contribution >= 4 is 116 Å². The van der Waals surface area contributed by atoms with Crippen LogP contribution in [0.15, 0.2) is 44.2 Å². The predicted octanol–water partition coefficient (Wildman–Crippen LogP) is -10.7. The first-order valence-electron chi connectivity index (χ1n) is 38.4. The zero-order chi connectivity index (χ0) is 94.8. The molecule has 7 aliphatic heterocycles. The molecule has 4 saturated heterocycles. The number of aliphatic hydroxyl groups is 6. The van der Waals surface area contributed by atoms with Gasteiger partial charge in [0, 0.05) is 47.8 Å². The fourth-order valence-electron chi connectivity index (χ4n) is 13.7. The van der Waals surface area contributed by atoms with Gasteiger partial charge in [0.25, 0.3) is 59.5 Å². The van der Waals surface area contributed by atoms with Gasteiger partial charge in [0.05, 0.1) is 80.9 Å². The highest BCUT2D eigenvalue weighted by atomic mass is 31.3. The molecule has 0 spiro atoms. The molecule has 0 saturated carbocycles. The lowest BCUT2D eigenvalue weighted by atomic mass is 10.1. The zero-order valence-corrected chi connectivity index (χ0v) is 75.6. The number of aromatic nitrogens is 12. The van der Waals surface area contributed by atoms with Crippen LogP contribution in [-0.2, 0) is 93.9 Å². The number of quaternary nitrogens is 1. The van der Waals surface area contributed by atoms with Gasteiger partial charge in [0.1, 0.15) is 96.6 Å². The first-order chi connectivity index (χ1) is 59.4. The minimum Gasteiger partial charge on any atom is -0.790 e. The van der Waals surface area contributed by atoms with Gasteiger partial charge in [-0.25, -0.2) is 27.1 Å². The smallest absolute Gasteiger partial charge is 0.437 e. The van der Waals surface area contributed by atoms with Crippen LogP contribution in [0.4, 0.5) is 58.3 Å². The third-order valence-electron chi connectivity index (χ3n) is 19.5. The largest absolute Gasteiger partial charge is 0.790 e. The number of methoxy groups -OCH3 is 2. The standard InChI is InChI=1S/C23H37N10O18P3.C14H20N7O7P.C12H19N5O11P2.C6H15N.C4H11N.C2H6/c1-30-6-32(16-10(30)18(37)28-22(24)26-16)20-14(36)12(34)8(48-20)4-46-52(39,40)50-54(43,44)51-53(41,42)47-5-9-13(35)15(45-3)21(49-9)33-7-31(2)11-17(33)27-23(25)29-19(11)38;1-19-6-21(11-8(19)12(24)18-14(15)17-11)13-10(23)9(22)7(28-13)4-27-29(25,26)20-3-2-16-5-20;1-16-4-17(9-6(16)10(19)15-12(13)14-9)11-8(25-2)7(18)5(27-11)3-26-30(23,24)28-29(20,21)22;1-4-7(5-2)6-3;1-3-5-4-2;1-2/h8-9,12-15,20-21,34-36H,4-7H2,1-3H3,(H,39,40)(H,41,42)(H,43,44)(H3,24,26,28,37)(H3,25,27,29,38);2-3,5,7,9-10,13,22-23H,4,6H2,1H3,(H,25,26)(H3,15,17,18,24);4-5,7-8,11,18H,3H2,1-2H3,(H5-,13,14,15,19,20,21,22,23,24);4-6H2,1-3H3;5H,3-4H2,1-2H3;1-2H3/p-4/t8-,9-,12+,13?,14?,15?,20-,21-;7-,9+,10?,13-;5-,7+,8?,11-;;;/m111.../s1. The number of ether oxygens (including phenoxy) is 6. The van der Waals surface area contributed by atoms with E-state index in [0.717, 1.165) is 23.8 Å². The number of rotatable bonds is 30. The number of anilines is 10. The number of imidazole rings is 2. The number of H-pyrrole nitrogens is 4. The third kappa shape index (κ3) is 25.4. The van der Waals surface area contributed by atoms with Crippen LogP contribution >= 0.6 is 46.9 Å². The highest BCUT2D eigenvalue weighted by Crippen LogP contribution is 2.63. The molecule has 13 heterocycles. The van der Waals surface area contributed by atoms with Crippen molar-refractivity contribution in [2.24, 2.45) is 7.05 Å². The summed E-state index contributed by atoms with van der Waals surface area (Å²) in [4.78, 5) is 168. The van der Waals surface area contributed by atoms with E-state index in [1.165, 1.54) is 93.3 Å². The number of nitrogens with two attached hydrogens (primary N) is 4. The van der Waals surface area contributed by atoms with Crippen LogP contribution in [0.5, 0.6) is 0 Å². The quantitative estimate of drug-likeness (QED) is 0.0147. The Labute approximate surface area is 720 Å². The van der Waals surface area contributed by atoms with Gasteiger partial charge < -0.3 is 174 Å². The fraction of sp³-hybridized carbons (Fsp3) is 0.672. The van der Waals surface area contributed by atoms with Crippen LogP contribution in [0, 0.1) is 0 Å². The summed E-state index contributed by atoms with van der Waals surface area (Å²) in [6.07, 6.45) is -17.0. The van der Waals surface area contributed by atoms with Gasteiger partial charge >= 0.3 is 13.4 Å². The van der Waals surface area contributed by atoms with Gasteiger partial charge in [0.15, 0.2) is 42.5 Å². The van der Waals surface area contributed by atoms with Crippen LogP contribution in [-0.4, -0.2) is 296 Å². The second-order valence-corrected chi connectivity index (χ2v) is 36.9. The second kappa shape index (κ2) is 43.7. The molecule has 21 N–H and O–H groups in total. The Balaban J connectivity index is 0.000000232.